The third kappa shape index (κ3) is 9.24. The summed E-state index contributed by atoms with van der Waals surface area (Å²) in [7, 11) is 0. The van der Waals surface area contributed by atoms with E-state index in [-0.39, 0.29) is 43.3 Å². The van der Waals surface area contributed by atoms with Gasteiger partial charge in [0.25, 0.3) is 0 Å². The van der Waals surface area contributed by atoms with E-state index in [0.717, 1.165) is 48.3 Å². The molecule has 15 rings (SSSR count). The van der Waals surface area contributed by atoms with Crippen LogP contribution in [0.4, 0.5) is 0 Å². The zero-order valence-electron chi connectivity index (χ0n) is 48.0. The van der Waals surface area contributed by atoms with Crippen molar-refractivity contribution in [3.63, 3.8) is 0 Å². The third-order valence-electron chi connectivity index (χ3n) is 22.0. The normalized spacial score (nSPS) is 33.2. The van der Waals surface area contributed by atoms with Crippen LogP contribution in [0.3, 0.4) is 0 Å². The minimum atomic E-state index is -0.0998. The molecule has 408 valence electrons. The van der Waals surface area contributed by atoms with Gasteiger partial charge in [0.15, 0.2) is 0 Å². The SMILES string of the molecule is CC(C)(C)c1cc(CSC2CCCCCC[C@H]2SCc2cc(C(C)(C)C)cc(C34CC5CC(c6ccccc6)(CC(c6ccccc6)(C5)C3)C4)c2O)c(O)c(C23CC4CC(c5ccccc5)(CC(c5ccccc5)(C4)C2)C3)c1. The molecule has 2 nitrogen and oxygen atoms in total. The Labute approximate surface area is 477 Å². The topological polar surface area (TPSA) is 40.5 Å². The molecule has 0 amide bonds. The van der Waals surface area contributed by atoms with Crippen molar-refractivity contribution in [2.45, 2.75) is 222 Å². The zero-order valence-corrected chi connectivity index (χ0v) is 49.7. The van der Waals surface area contributed by atoms with Crippen LogP contribution in [0.1, 0.15) is 213 Å². The third-order valence-corrected chi connectivity index (χ3v) is 25.1. The predicted octanol–water partition coefficient (Wildman–Crippen LogP) is 19.2. The van der Waals surface area contributed by atoms with E-state index in [4.69, 9.17) is 0 Å². The van der Waals surface area contributed by atoms with Gasteiger partial charge in [-0.2, -0.15) is 23.5 Å². The minimum Gasteiger partial charge on any atom is -0.507 e. The van der Waals surface area contributed by atoms with Crippen LogP contribution in [0.15, 0.2) is 146 Å². The highest BCUT2D eigenvalue weighted by Crippen LogP contribution is 2.73. The second-order valence-corrected chi connectivity index (χ2v) is 31.9. The molecule has 9 aliphatic carbocycles. The van der Waals surface area contributed by atoms with Crippen LogP contribution in [-0.4, -0.2) is 20.7 Å². The highest BCUT2D eigenvalue weighted by atomic mass is 32.2. The number of phenolic OH excluding ortho intramolecular Hbond substituents is 2. The second-order valence-electron chi connectivity index (χ2n) is 29.4. The van der Waals surface area contributed by atoms with Gasteiger partial charge in [-0.15, -0.1) is 0 Å². The van der Waals surface area contributed by atoms with E-state index >= 15 is 0 Å². The molecule has 0 spiro atoms. The Morgan fingerprint density at radius 3 is 0.962 bits per heavy atom. The number of hydrogen-bond donors (Lipinski definition) is 2. The number of benzene rings is 6. The lowest BCUT2D eigenvalue weighted by atomic mass is 9.36. The monoisotopic (exact) mass is 1070 g/mol. The lowest BCUT2D eigenvalue weighted by Gasteiger charge is -2.67. The minimum absolute atomic E-state index is 0.0557. The molecule has 6 atom stereocenters. The fraction of sp³-hybridized carbons (Fsp3) is 0.514. The first-order valence-corrected chi connectivity index (χ1v) is 32.7. The van der Waals surface area contributed by atoms with Crippen molar-refractivity contribution < 1.29 is 10.2 Å². The van der Waals surface area contributed by atoms with Crippen molar-refractivity contribution in [3.05, 3.63) is 201 Å². The fourth-order valence-corrected chi connectivity index (χ4v) is 22.5. The smallest absolute Gasteiger partial charge is 0.123 e. The van der Waals surface area contributed by atoms with E-state index in [1.807, 2.05) is 0 Å². The largest absolute Gasteiger partial charge is 0.507 e. The molecule has 4 heteroatoms. The van der Waals surface area contributed by atoms with Crippen molar-refractivity contribution in [1.29, 1.82) is 0 Å². The maximum atomic E-state index is 13.1. The van der Waals surface area contributed by atoms with Crippen LogP contribution in [0.2, 0.25) is 0 Å². The summed E-state index contributed by atoms with van der Waals surface area (Å²) in [4.78, 5) is 0. The lowest BCUT2D eigenvalue weighted by molar-refractivity contribution is -0.0503. The highest BCUT2D eigenvalue weighted by molar-refractivity contribution is 8.03. The lowest BCUT2D eigenvalue weighted by Crippen LogP contribution is -2.62. The summed E-state index contributed by atoms with van der Waals surface area (Å²) in [6, 6.07) is 56.0. The van der Waals surface area contributed by atoms with Crippen molar-refractivity contribution in [3.8, 4) is 11.5 Å². The summed E-state index contributed by atoms with van der Waals surface area (Å²) in [6.45, 7) is 14.2. The first-order valence-electron chi connectivity index (χ1n) is 30.6. The average Bonchev–Trinajstić information content (AvgIpc) is 3.07. The molecule has 2 N–H and O–H groups in total. The highest BCUT2D eigenvalue weighted by Gasteiger charge is 2.66. The molecule has 9 fully saturated rings. The van der Waals surface area contributed by atoms with Crippen molar-refractivity contribution in [1.82, 2.24) is 0 Å². The van der Waals surface area contributed by atoms with Crippen molar-refractivity contribution >= 4 is 23.5 Å². The zero-order chi connectivity index (χ0) is 53.8. The van der Waals surface area contributed by atoms with Crippen LogP contribution >= 0.6 is 23.5 Å². The first kappa shape index (κ1) is 53.0. The van der Waals surface area contributed by atoms with E-state index in [0.29, 0.717) is 33.8 Å². The van der Waals surface area contributed by atoms with Gasteiger partial charge in [0.2, 0.25) is 0 Å². The van der Waals surface area contributed by atoms with Crippen LogP contribution < -0.4 is 0 Å². The molecule has 9 aliphatic rings. The molecule has 0 aliphatic heterocycles. The molecule has 0 aromatic heterocycles. The Hall–Kier alpha value is -4.38. The van der Waals surface area contributed by atoms with Crippen LogP contribution in [-0.2, 0) is 54.8 Å². The number of rotatable bonds is 12. The summed E-state index contributed by atoms with van der Waals surface area (Å²) in [6.07, 6.45) is 21.7. The van der Waals surface area contributed by atoms with E-state index in [2.05, 4.69) is 211 Å². The van der Waals surface area contributed by atoms with E-state index in [1.165, 1.54) is 134 Å². The summed E-state index contributed by atoms with van der Waals surface area (Å²) in [5, 5.41) is 27.2. The summed E-state index contributed by atoms with van der Waals surface area (Å²) in [5.41, 5.74) is 13.6. The predicted molar refractivity (Wildman–Crippen MR) is 330 cm³/mol. The average molecular weight is 1070 g/mol. The molecule has 0 heterocycles. The summed E-state index contributed by atoms with van der Waals surface area (Å²) >= 11 is 4.27. The van der Waals surface area contributed by atoms with Crippen molar-refractivity contribution in [2.75, 3.05) is 0 Å². The number of hydrogen-bond acceptors (Lipinski definition) is 4. The molecule has 9 saturated carbocycles. The Kier molecular flexibility index (Phi) is 13.4. The van der Waals surface area contributed by atoms with Gasteiger partial charge in [-0.25, -0.2) is 0 Å². The molecule has 6 aromatic carbocycles. The van der Waals surface area contributed by atoms with Gasteiger partial charge in [0, 0.05) is 55.1 Å². The first-order chi connectivity index (χ1) is 37.4. The molecule has 0 radical (unpaired) electrons. The van der Waals surface area contributed by atoms with E-state index in [9.17, 15) is 10.2 Å². The quantitative estimate of drug-likeness (QED) is 0.128. The molecule has 0 saturated heterocycles. The summed E-state index contributed by atoms with van der Waals surface area (Å²) in [5.74, 6) is 4.06. The molecule has 78 heavy (non-hydrogen) atoms. The summed E-state index contributed by atoms with van der Waals surface area (Å²) < 4.78 is 0. The van der Waals surface area contributed by atoms with Crippen LogP contribution in [0, 0.1) is 11.8 Å². The molecule has 6 aromatic rings. The van der Waals surface area contributed by atoms with Gasteiger partial charge in [0.05, 0.1) is 0 Å². The molecule has 5 unspecified atom stereocenters. The Bertz CT molecular complexity index is 2810. The van der Waals surface area contributed by atoms with Crippen molar-refractivity contribution in [2.24, 2.45) is 11.8 Å². The standard InChI is InChI=1S/C74H88O2S2/c1-67(2,3)59-33-53(65(75)61(35-59)73-41-51-37-69(47-73,55-23-13-9-14-24-55)45-70(38-51,48-73)56-25-15-10-16-26-56)43-77-63-31-21-7-8-22-32-64(63)78-44-54-34-60(68(4,5)6)36-62(66(54)76)74-42-52-39-71(49-74,57-27-17-11-18-28-57)46-72(40-52,50-74)58-29-19-12-20-30-58/h9-20,23-30,33-36,51-52,63-64,75-76H,7-8,21-22,31-32,37-50H2,1-6H3/t51?,52?,63-,64?,69?,70?,71?,72?,73?,74?/m1/s1. The Balaban J connectivity index is 0.827. The molecular weight excluding hydrogens is 985 g/mol. The fourth-order valence-electron chi connectivity index (χ4n) is 19.4. The van der Waals surface area contributed by atoms with Gasteiger partial charge in [-0.05, 0) is 168 Å². The van der Waals surface area contributed by atoms with Crippen LogP contribution in [0.25, 0.3) is 0 Å². The van der Waals surface area contributed by atoms with E-state index < -0.39 is 0 Å². The Morgan fingerprint density at radius 2 is 0.667 bits per heavy atom. The number of phenols is 2. The van der Waals surface area contributed by atoms with Gasteiger partial charge in [-0.1, -0.05) is 213 Å². The van der Waals surface area contributed by atoms with Gasteiger partial charge < -0.3 is 10.2 Å². The molecular formula is C74H88O2S2. The van der Waals surface area contributed by atoms with Crippen LogP contribution in [0.5, 0.6) is 11.5 Å². The van der Waals surface area contributed by atoms with Gasteiger partial charge in [-0.3, -0.25) is 0 Å². The second kappa shape index (κ2) is 19.7. The maximum Gasteiger partial charge on any atom is 0.123 e. The van der Waals surface area contributed by atoms with E-state index in [1.54, 1.807) is 0 Å². The van der Waals surface area contributed by atoms with Gasteiger partial charge in [0.1, 0.15) is 11.5 Å². The number of thioether (sulfide) groups is 2. The maximum absolute atomic E-state index is 13.1. The number of aromatic hydroxyl groups is 2. The Morgan fingerprint density at radius 1 is 0.385 bits per heavy atom. The molecule has 8 bridgehead atoms. The van der Waals surface area contributed by atoms with Gasteiger partial charge >= 0.3 is 0 Å².